The number of nitrogens with zero attached hydrogens (tertiary/aromatic N) is 2. The van der Waals surface area contributed by atoms with Crippen LogP contribution in [0.15, 0.2) is 47.4 Å². The summed E-state index contributed by atoms with van der Waals surface area (Å²) in [5.74, 6) is -4.28. The van der Waals surface area contributed by atoms with E-state index in [0.29, 0.717) is 30.4 Å². The number of piperazine rings is 1. The van der Waals surface area contributed by atoms with Crippen molar-refractivity contribution in [2.45, 2.75) is 62.9 Å². The average molecular weight is 711 g/mol. The average Bonchev–Trinajstić information content (AvgIpc) is 3.82. The maximum Gasteiger partial charge on any atom is 0.490 e. The quantitative estimate of drug-likeness (QED) is 0.112. The highest BCUT2D eigenvalue weighted by atomic mass is 32.2. The van der Waals surface area contributed by atoms with Crippen LogP contribution in [-0.2, 0) is 30.6 Å². The van der Waals surface area contributed by atoms with E-state index < -0.39 is 63.1 Å². The Morgan fingerprint density at radius 2 is 1.52 bits per heavy atom. The monoisotopic (exact) mass is 710 g/mol. The zero-order chi connectivity index (χ0) is 35.3. The van der Waals surface area contributed by atoms with E-state index in [1.807, 2.05) is 0 Å². The van der Waals surface area contributed by atoms with E-state index >= 15 is 0 Å². The standard InChI is InChI=1S/C26H31F3N6O4S.C2HF3O2.CH4/c1-16(32-23(36)15-24(37)33-19-5-2-17(3-6-19)25(30)31)18-4-9-22(21(14-18)26(27,28)29)40(38,39)35-12-10-34(11-13-35)20-7-8-20;3-2(4,5)1(6)7;/h2-6,9,14,16,20H,7-8,10-13,15H2,1H3,(H3,30,31)(H,32,36)(H,33,37);(H,6,7);1H4/t16-;;/m0../s1. The molecule has 1 heterocycles. The largest absolute Gasteiger partial charge is 0.490 e. The molecule has 0 spiro atoms. The molecule has 0 aromatic heterocycles. The molecule has 2 aromatic carbocycles. The van der Waals surface area contributed by atoms with Crippen molar-refractivity contribution in [3.05, 3.63) is 59.2 Å². The molecule has 2 aromatic rings. The second-order valence-corrected chi connectivity index (χ2v) is 12.6. The molecule has 1 atom stereocenters. The summed E-state index contributed by atoms with van der Waals surface area (Å²) >= 11 is 0. The van der Waals surface area contributed by atoms with Gasteiger partial charge in [-0.15, -0.1) is 0 Å². The number of sulfonamides is 1. The summed E-state index contributed by atoms with van der Waals surface area (Å²) in [5.41, 5.74) is 4.95. The molecular weight excluding hydrogens is 674 g/mol. The first kappa shape index (κ1) is 39.9. The number of carboxylic acid groups (broad SMARTS) is 1. The first-order chi connectivity index (χ1) is 21.7. The molecule has 1 saturated heterocycles. The molecule has 48 heavy (non-hydrogen) atoms. The number of nitrogens with two attached hydrogens (primary N) is 1. The number of benzene rings is 2. The summed E-state index contributed by atoms with van der Waals surface area (Å²) in [7, 11) is -4.40. The minimum Gasteiger partial charge on any atom is -0.475 e. The number of amides is 2. The number of hydrogen-bond acceptors (Lipinski definition) is 7. The van der Waals surface area contributed by atoms with E-state index in [4.69, 9.17) is 21.0 Å². The van der Waals surface area contributed by atoms with E-state index in [1.165, 1.54) is 37.3 Å². The first-order valence-electron chi connectivity index (χ1n) is 14.0. The van der Waals surface area contributed by atoms with Crippen molar-refractivity contribution in [1.29, 1.82) is 5.41 Å². The third kappa shape index (κ3) is 10.9. The third-order valence-corrected chi connectivity index (χ3v) is 9.14. The number of nitrogen functional groups attached to an aromatic ring is 1. The van der Waals surface area contributed by atoms with Gasteiger partial charge in [-0.25, -0.2) is 13.2 Å². The minimum atomic E-state index is -5.08. The molecule has 266 valence electrons. The summed E-state index contributed by atoms with van der Waals surface area (Å²) in [5, 5.41) is 19.5. The molecule has 0 bridgehead atoms. The predicted molar refractivity (Wildman–Crippen MR) is 162 cm³/mol. The molecule has 4 rings (SSSR count). The Balaban J connectivity index is 0.000000902. The van der Waals surface area contributed by atoms with Gasteiger partial charge in [0.1, 0.15) is 12.3 Å². The van der Waals surface area contributed by atoms with Crippen molar-refractivity contribution in [3.8, 4) is 0 Å². The van der Waals surface area contributed by atoms with Crippen LogP contribution in [-0.4, -0.2) is 84.7 Å². The summed E-state index contributed by atoms with van der Waals surface area (Å²) in [4.78, 5) is 34.9. The van der Waals surface area contributed by atoms with E-state index in [0.717, 1.165) is 29.3 Å². The smallest absolute Gasteiger partial charge is 0.475 e. The Morgan fingerprint density at radius 1 is 0.979 bits per heavy atom. The van der Waals surface area contributed by atoms with Crippen LogP contribution in [0.4, 0.5) is 32.0 Å². The summed E-state index contributed by atoms with van der Waals surface area (Å²) in [6.45, 7) is 2.63. The number of anilines is 1. The zero-order valence-electron chi connectivity index (χ0n) is 24.8. The topological polar surface area (TPSA) is 186 Å². The highest BCUT2D eigenvalue weighted by Crippen LogP contribution is 2.37. The van der Waals surface area contributed by atoms with E-state index in [9.17, 15) is 44.3 Å². The summed E-state index contributed by atoms with van der Waals surface area (Å²) in [6.07, 6.45) is -8.51. The molecular formula is C29H36F6N6O6S. The van der Waals surface area contributed by atoms with Gasteiger partial charge >= 0.3 is 18.3 Å². The second-order valence-electron chi connectivity index (χ2n) is 10.7. The molecule has 1 saturated carbocycles. The molecule has 2 fully saturated rings. The summed E-state index contributed by atoms with van der Waals surface area (Å²) < 4.78 is 101. The molecule has 2 aliphatic rings. The van der Waals surface area contributed by atoms with Crippen molar-refractivity contribution in [2.24, 2.45) is 5.73 Å². The third-order valence-electron chi connectivity index (χ3n) is 7.18. The molecule has 2 amide bonds. The number of hydrogen-bond donors (Lipinski definition) is 5. The van der Waals surface area contributed by atoms with Crippen LogP contribution in [0, 0.1) is 5.41 Å². The number of rotatable bonds is 9. The van der Waals surface area contributed by atoms with E-state index in [-0.39, 0.29) is 31.9 Å². The summed E-state index contributed by atoms with van der Waals surface area (Å²) in [6, 6.07) is 8.48. The fourth-order valence-electron chi connectivity index (χ4n) is 4.61. The van der Waals surface area contributed by atoms with Crippen LogP contribution >= 0.6 is 0 Å². The fourth-order valence-corrected chi connectivity index (χ4v) is 6.23. The van der Waals surface area contributed by atoms with Crippen LogP contribution in [0.1, 0.15) is 56.3 Å². The number of carbonyl (C=O) groups excluding carboxylic acids is 2. The SMILES string of the molecule is C.C[C@H](NC(=O)CC(=O)Nc1ccc(C(=N)N)cc1)c1ccc(S(=O)(=O)N2CCN(C3CC3)CC2)c(C(F)(F)F)c1.O=C(O)C(F)(F)F. The van der Waals surface area contributed by atoms with Crippen molar-refractivity contribution in [2.75, 3.05) is 31.5 Å². The van der Waals surface area contributed by atoms with Gasteiger partial charge < -0.3 is 21.5 Å². The van der Waals surface area contributed by atoms with Crippen molar-refractivity contribution >= 4 is 39.3 Å². The van der Waals surface area contributed by atoms with Gasteiger partial charge in [-0.1, -0.05) is 13.5 Å². The number of carboxylic acids is 1. The van der Waals surface area contributed by atoms with Crippen LogP contribution in [0.5, 0.6) is 0 Å². The Kier molecular flexibility index (Phi) is 13.1. The number of nitrogens with one attached hydrogen (secondary N) is 3. The molecule has 19 heteroatoms. The van der Waals surface area contributed by atoms with E-state index in [2.05, 4.69) is 15.5 Å². The number of halogens is 6. The zero-order valence-corrected chi connectivity index (χ0v) is 25.6. The predicted octanol–water partition coefficient (Wildman–Crippen LogP) is 3.93. The number of aliphatic carboxylic acids is 1. The fraction of sp³-hybridized carbons (Fsp3) is 0.448. The minimum absolute atomic E-state index is 0. The molecule has 1 aliphatic carbocycles. The van der Waals surface area contributed by atoms with Crippen LogP contribution in [0.3, 0.4) is 0 Å². The lowest BCUT2D eigenvalue weighted by Gasteiger charge is -2.34. The molecule has 1 aliphatic heterocycles. The first-order valence-corrected chi connectivity index (χ1v) is 15.4. The van der Waals surface area contributed by atoms with Gasteiger partial charge in [-0.05, 0) is 61.7 Å². The normalized spacial score (nSPS) is 16.4. The van der Waals surface area contributed by atoms with Gasteiger partial charge in [0.15, 0.2) is 0 Å². The Labute approximate surface area is 272 Å². The lowest BCUT2D eigenvalue weighted by Crippen LogP contribution is -2.49. The lowest BCUT2D eigenvalue weighted by molar-refractivity contribution is -0.192. The highest BCUT2D eigenvalue weighted by molar-refractivity contribution is 7.89. The Morgan fingerprint density at radius 3 is 1.98 bits per heavy atom. The second kappa shape index (κ2) is 15.8. The highest BCUT2D eigenvalue weighted by Gasteiger charge is 2.41. The van der Waals surface area contributed by atoms with Gasteiger partial charge in [0, 0.05) is 43.5 Å². The number of carbonyl (C=O) groups is 3. The van der Waals surface area contributed by atoms with Gasteiger partial charge in [-0.3, -0.25) is 19.9 Å². The molecule has 12 nitrogen and oxygen atoms in total. The van der Waals surface area contributed by atoms with Crippen LogP contribution in [0.25, 0.3) is 0 Å². The maximum atomic E-state index is 14.0. The van der Waals surface area contributed by atoms with Gasteiger partial charge in [0.05, 0.1) is 16.5 Å². The molecule has 6 N–H and O–H groups in total. The molecule has 0 unspecified atom stereocenters. The number of alkyl halides is 6. The van der Waals surface area contributed by atoms with E-state index in [1.54, 1.807) is 0 Å². The van der Waals surface area contributed by atoms with Crippen molar-refractivity contribution in [1.82, 2.24) is 14.5 Å². The van der Waals surface area contributed by atoms with Crippen LogP contribution in [0.2, 0.25) is 0 Å². The van der Waals surface area contributed by atoms with Gasteiger partial charge in [-0.2, -0.15) is 30.6 Å². The lowest BCUT2D eigenvalue weighted by atomic mass is 10.0. The number of amidine groups is 1. The van der Waals surface area contributed by atoms with Gasteiger partial charge in [0.2, 0.25) is 21.8 Å². The molecule has 0 radical (unpaired) electrons. The maximum absolute atomic E-state index is 14.0. The van der Waals surface area contributed by atoms with Gasteiger partial charge in [0.25, 0.3) is 0 Å². The Bertz CT molecular complexity index is 1590. The van der Waals surface area contributed by atoms with Crippen molar-refractivity contribution in [3.63, 3.8) is 0 Å². The Hall–Kier alpha value is -4.23. The van der Waals surface area contributed by atoms with Crippen LogP contribution < -0.4 is 16.4 Å². The van der Waals surface area contributed by atoms with Crippen molar-refractivity contribution < 1.29 is 54.3 Å².